The molecule has 0 bridgehead atoms. The van der Waals surface area contributed by atoms with Crippen molar-refractivity contribution in [3.05, 3.63) is 42.7 Å². The highest BCUT2D eigenvalue weighted by Gasteiger charge is 2.18. The fourth-order valence-electron chi connectivity index (χ4n) is 2.34. The highest BCUT2D eigenvalue weighted by molar-refractivity contribution is 7.99. The van der Waals surface area contributed by atoms with Gasteiger partial charge in [-0.2, -0.15) is 11.8 Å². The van der Waals surface area contributed by atoms with Gasteiger partial charge in [0, 0.05) is 42.6 Å². The van der Waals surface area contributed by atoms with E-state index in [1.807, 2.05) is 57.8 Å². The Hall–Kier alpha value is -1.75. The molecule has 1 fully saturated rings. The summed E-state index contributed by atoms with van der Waals surface area (Å²) in [6, 6.07) is 9.98. The van der Waals surface area contributed by atoms with E-state index in [-0.39, 0.29) is 5.91 Å². The fraction of sp³-hybridized carbons (Fsp3) is 0.333. The van der Waals surface area contributed by atoms with Crippen LogP contribution in [0.4, 0.5) is 0 Å². The zero-order valence-electron chi connectivity index (χ0n) is 11.2. The summed E-state index contributed by atoms with van der Waals surface area (Å²) in [6.45, 7) is 2.09. The van der Waals surface area contributed by atoms with Crippen molar-refractivity contribution in [2.75, 3.05) is 24.6 Å². The first kappa shape index (κ1) is 13.2. The second kappa shape index (κ2) is 6.13. The van der Waals surface area contributed by atoms with Gasteiger partial charge in [-0.3, -0.25) is 4.79 Å². The average molecular weight is 287 g/mol. The number of carbonyl (C=O) groups is 1. The molecule has 0 N–H and O–H groups in total. The van der Waals surface area contributed by atoms with Crippen molar-refractivity contribution in [3.63, 3.8) is 0 Å². The molecule has 0 spiro atoms. The van der Waals surface area contributed by atoms with Crippen LogP contribution in [0.15, 0.2) is 42.7 Å². The third-order valence-corrected chi connectivity index (χ3v) is 4.36. The van der Waals surface area contributed by atoms with Crippen molar-refractivity contribution in [1.82, 2.24) is 14.5 Å². The molecule has 0 saturated carbocycles. The fourth-order valence-corrected chi connectivity index (χ4v) is 3.25. The minimum atomic E-state index is 0.181. The van der Waals surface area contributed by atoms with Crippen LogP contribution in [0.2, 0.25) is 0 Å². The topological polar surface area (TPSA) is 38.1 Å². The molecule has 1 aromatic heterocycles. The molecule has 1 aliphatic heterocycles. The monoisotopic (exact) mass is 287 g/mol. The molecule has 5 heteroatoms. The van der Waals surface area contributed by atoms with E-state index in [1.165, 1.54) is 0 Å². The number of aromatic nitrogens is 2. The highest BCUT2D eigenvalue weighted by Crippen LogP contribution is 2.17. The van der Waals surface area contributed by atoms with Gasteiger partial charge in [0.15, 0.2) is 0 Å². The molecule has 1 amide bonds. The van der Waals surface area contributed by atoms with E-state index < -0.39 is 0 Å². The number of carbonyl (C=O) groups excluding carboxylic acids is 1. The van der Waals surface area contributed by atoms with E-state index in [0.29, 0.717) is 6.54 Å². The van der Waals surface area contributed by atoms with Gasteiger partial charge in [-0.25, -0.2) is 4.98 Å². The van der Waals surface area contributed by atoms with Crippen molar-refractivity contribution >= 4 is 17.7 Å². The standard InChI is InChI=1S/C15H17N3OS/c19-14(17-8-10-20-11-9-17)12-18-7-6-16-15(18)13-4-2-1-3-5-13/h1-7H,8-12H2. The summed E-state index contributed by atoms with van der Waals surface area (Å²) in [4.78, 5) is 18.6. The van der Waals surface area contributed by atoms with E-state index >= 15 is 0 Å². The second-order valence-corrected chi connectivity index (χ2v) is 5.96. The van der Waals surface area contributed by atoms with Gasteiger partial charge >= 0.3 is 0 Å². The van der Waals surface area contributed by atoms with Crippen molar-refractivity contribution in [1.29, 1.82) is 0 Å². The molecule has 1 aromatic carbocycles. The summed E-state index contributed by atoms with van der Waals surface area (Å²) >= 11 is 1.91. The van der Waals surface area contributed by atoms with Gasteiger partial charge in [0.1, 0.15) is 12.4 Å². The van der Waals surface area contributed by atoms with Gasteiger partial charge in [0.05, 0.1) is 0 Å². The number of thioether (sulfide) groups is 1. The van der Waals surface area contributed by atoms with E-state index in [2.05, 4.69) is 4.98 Å². The van der Waals surface area contributed by atoms with Crippen molar-refractivity contribution in [2.24, 2.45) is 0 Å². The maximum Gasteiger partial charge on any atom is 0.242 e. The maximum atomic E-state index is 12.3. The number of nitrogens with zero attached hydrogens (tertiary/aromatic N) is 3. The first-order chi connectivity index (χ1) is 9.84. The van der Waals surface area contributed by atoms with Crippen molar-refractivity contribution in [3.8, 4) is 11.4 Å². The molecule has 0 unspecified atom stereocenters. The lowest BCUT2D eigenvalue weighted by molar-refractivity contribution is -0.131. The van der Waals surface area contributed by atoms with Crippen LogP contribution in [-0.2, 0) is 11.3 Å². The summed E-state index contributed by atoms with van der Waals surface area (Å²) < 4.78 is 1.93. The van der Waals surface area contributed by atoms with Gasteiger partial charge < -0.3 is 9.47 Å². The van der Waals surface area contributed by atoms with Crippen LogP contribution < -0.4 is 0 Å². The van der Waals surface area contributed by atoms with E-state index in [1.54, 1.807) is 6.20 Å². The van der Waals surface area contributed by atoms with Crippen LogP contribution >= 0.6 is 11.8 Å². The van der Waals surface area contributed by atoms with Crippen LogP contribution in [0.3, 0.4) is 0 Å². The van der Waals surface area contributed by atoms with Crippen LogP contribution in [0.5, 0.6) is 0 Å². The zero-order valence-corrected chi connectivity index (χ0v) is 12.1. The number of imidazole rings is 1. The second-order valence-electron chi connectivity index (χ2n) is 4.74. The lowest BCUT2D eigenvalue weighted by Crippen LogP contribution is -2.39. The van der Waals surface area contributed by atoms with Gasteiger partial charge in [-0.05, 0) is 0 Å². The normalized spacial score (nSPS) is 15.3. The summed E-state index contributed by atoms with van der Waals surface area (Å²) in [6.07, 6.45) is 3.63. The summed E-state index contributed by atoms with van der Waals surface area (Å²) in [5.74, 6) is 3.12. The molecule has 0 atom stereocenters. The number of rotatable bonds is 3. The minimum absolute atomic E-state index is 0.181. The van der Waals surface area contributed by atoms with Gasteiger partial charge in [0.25, 0.3) is 0 Å². The molecule has 0 radical (unpaired) electrons. The molecule has 104 valence electrons. The quantitative estimate of drug-likeness (QED) is 0.868. The number of amides is 1. The van der Waals surface area contributed by atoms with Crippen molar-refractivity contribution < 1.29 is 4.79 Å². The number of hydrogen-bond acceptors (Lipinski definition) is 3. The molecular weight excluding hydrogens is 270 g/mol. The van der Waals surface area contributed by atoms with Crippen LogP contribution in [-0.4, -0.2) is 45.0 Å². The SMILES string of the molecule is O=C(Cn1ccnc1-c1ccccc1)N1CCSCC1. The van der Waals surface area contributed by atoms with E-state index in [4.69, 9.17) is 0 Å². The largest absolute Gasteiger partial charge is 0.339 e. The molecule has 2 heterocycles. The Labute approximate surface area is 122 Å². The Morgan fingerprint density at radius 3 is 2.70 bits per heavy atom. The van der Waals surface area contributed by atoms with Crippen molar-refractivity contribution in [2.45, 2.75) is 6.54 Å². The van der Waals surface area contributed by atoms with Gasteiger partial charge in [0.2, 0.25) is 5.91 Å². The van der Waals surface area contributed by atoms with E-state index in [0.717, 1.165) is 36.0 Å². The molecule has 0 aliphatic carbocycles. The third-order valence-electron chi connectivity index (χ3n) is 3.42. The Balaban J connectivity index is 1.75. The summed E-state index contributed by atoms with van der Waals surface area (Å²) in [5.41, 5.74) is 1.04. The Bertz CT molecular complexity index is 576. The highest BCUT2D eigenvalue weighted by atomic mass is 32.2. The molecule has 20 heavy (non-hydrogen) atoms. The van der Waals surface area contributed by atoms with Gasteiger partial charge in [-0.15, -0.1) is 0 Å². The molecule has 1 saturated heterocycles. The average Bonchev–Trinajstić information content (AvgIpc) is 2.97. The first-order valence-electron chi connectivity index (χ1n) is 6.76. The smallest absolute Gasteiger partial charge is 0.242 e. The third kappa shape index (κ3) is 2.88. The Morgan fingerprint density at radius 2 is 1.95 bits per heavy atom. The first-order valence-corrected chi connectivity index (χ1v) is 7.92. The van der Waals surface area contributed by atoms with Crippen LogP contribution in [0.25, 0.3) is 11.4 Å². The molecular formula is C15H17N3OS. The van der Waals surface area contributed by atoms with Gasteiger partial charge in [-0.1, -0.05) is 30.3 Å². The molecule has 1 aliphatic rings. The van der Waals surface area contributed by atoms with Crippen LogP contribution in [0.1, 0.15) is 0 Å². The lowest BCUT2D eigenvalue weighted by Gasteiger charge is -2.26. The summed E-state index contributed by atoms with van der Waals surface area (Å²) in [7, 11) is 0. The Morgan fingerprint density at radius 1 is 1.20 bits per heavy atom. The number of hydrogen-bond donors (Lipinski definition) is 0. The van der Waals surface area contributed by atoms with Crippen LogP contribution in [0, 0.1) is 0 Å². The lowest BCUT2D eigenvalue weighted by atomic mass is 10.2. The number of benzene rings is 1. The predicted octanol–water partition coefficient (Wildman–Crippen LogP) is 2.13. The maximum absolute atomic E-state index is 12.3. The Kier molecular flexibility index (Phi) is 4.06. The predicted molar refractivity (Wildman–Crippen MR) is 81.6 cm³/mol. The minimum Gasteiger partial charge on any atom is -0.339 e. The molecule has 2 aromatic rings. The molecule has 4 nitrogen and oxygen atoms in total. The zero-order chi connectivity index (χ0) is 13.8. The molecule has 3 rings (SSSR count). The van der Waals surface area contributed by atoms with E-state index in [9.17, 15) is 4.79 Å². The summed E-state index contributed by atoms with van der Waals surface area (Å²) in [5, 5.41) is 0.